The Morgan fingerprint density at radius 2 is 0.602 bits per heavy atom. The Morgan fingerprint density at radius 3 is 0.796 bits per heavy atom. The van der Waals surface area contributed by atoms with Crippen LogP contribution in [0.15, 0.2) is 0 Å². The molecule has 0 rings (SSSR count). The summed E-state index contributed by atoms with van der Waals surface area (Å²) >= 11 is 9.26. The van der Waals surface area contributed by atoms with Gasteiger partial charge in [0.2, 0.25) is 0 Å². The normalized spacial score (nSPS) is 13.3. The first-order valence-electron chi connectivity index (χ1n) is 29.3. The van der Waals surface area contributed by atoms with E-state index in [2.05, 4.69) is 70.1 Å². The van der Waals surface area contributed by atoms with Crippen molar-refractivity contribution in [2.24, 2.45) is 0 Å². The number of aliphatic hydroxyl groups excluding tert-OH is 3. The molecule has 592 valence electrons. The second-order valence-corrected chi connectivity index (χ2v) is 23.1. The van der Waals surface area contributed by atoms with Gasteiger partial charge < -0.3 is 39.4 Å². The molecule has 16 nitrogen and oxygen atoms in total. The third kappa shape index (κ3) is 58.8. The number of thiol groups is 2. The molecule has 1 atom stereocenters. The molecule has 0 aromatic rings. The van der Waals surface area contributed by atoms with Gasteiger partial charge in [0.05, 0.1) is 26.4 Å². The van der Waals surface area contributed by atoms with Crippen LogP contribution in [0.1, 0.15) is 149 Å². The maximum absolute atomic E-state index is 13.6. The summed E-state index contributed by atoms with van der Waals surface area (Å²) in [6, 6.07) is 0. The molecule has 0 aromatic heterocycles. The molecule has 3 N–H and O–H groups in total. The third-order valence-corrected chi connectivity index (χ3v) is 13.1. The first-order valence-corrected chi connectivity index (χ1v) is 33.3. The molecule has 0 saturated heterocycles. The number of halogens is 24. The van der Waals surface area contributed by atoms with E-state index in [1.807, 2.05) is 16.4 Å². The summed E-state index contributed by atoms with van der Waals surface area (Å²) in [6.07, 6.45) is -57.7. The summed E-state index contributed by atoms with van der Waals surface area (Å²) in [7, 11) is 1.18. The van der Waals surface area contributed by atoms with Crippen LogP contribution in [0.4, 0.5) is 105 Å². The number of rotatable bonds is 54. The van der Waals surface area contributed by atoms with Crippen LogP contribution in [-0.4, -0.2) is 208 Å². The minimum absolute atomic E-state index is 0. The van der Waals surface area contributed by atoms with Crippen molar-refractivity contribution in [3.8, 4) is 0 Å². The van der Waals surface area contributed by atoms with Crippen molar-refractivity contribution >= 4 is 52.9 Å². The van der Waals surface area contributed by atoms with Crippen LogP contribution >= 0.6 is 37.0 Å². The predicted octanol–water partition coefficient (Wildman–Crippen LogP) is 12.2. The second kappa shape index (κ2) is 58.8. The topological polar surface area (TPSA) is 210 Å². The summed E-state index contributed by atoms with van der Waals surface area (Å²) in [6.45, 7) is -7.43. The van der Waals surface area contributed by atoms with E-state index >= 15 is 0 Å². The number of hydrogen-bond donors (Lipinski definition) is 5. The first kappa shape index (κ1) is 111. The van der Waals surface area contributed by atoms with E-state index in [-0.39, 0.29) is 47.5 Å². The van der Waals surface area contributed by atoms with E-state index in [1.54, 1.807) is 6.26 Å². The molecule has 1 unspecified atom stereocenters. The molecule has 0 fully saturated rings. The first-order chi connectivity index (χ1) is 44.5. The van der Waals surface area contributed by atoms with Crippen molar-refractivity contribution in [2.75, 3.05) is 110 Å². The SMILES string of the molecule is CC(=O)SCCCCCCCCCCCOCC(F)(F)OC(F)(F)C(F)(F)OC(F)(F)C(F)(F)OC(F)(F)COCCO.CCCS.CCCS(C)=O.CO.C[O-].OCCOCC(F)(F)OC(F)(F)C(F)(F)OC(F)(F)C(F)(F)OC(F)(F)COCCCCCCCCCCCS.[Na+]. The van der Waals surface area contributed by atoms with Crippen molar-refractivity contribution in [3.63, 3.8) is 0 Å². The minimum Gasteiger partial charge on any atom is -0.857 e. The van der Waals surface area contributed by atoms with Gasteiger partial charge in [-0.3, -0.25) is 9.00 Å². The number of aliphatic hydroxyl groups is 3. The summed E-state index contributed by atoms with van der Waals surface area (Å²) < 4.78 is 364. The Labute approximate surface area is 593 Å². The van der Waals surface area contributed by atoms with Crippen molar-refractivity contribution in [1.82, 2.24) is 0 Å². The molecule has 0 aromatic carbocycles. The summed E-state index contributed by atoms with van der Waals surface area (Å²) in [5.74, 6) is 3.42. The summed E-state index contributed by atoms with van der Waals surface area (Å²) in [5, 5.41) is 31.9. The fourth-order valence-corrected chi connectivity index (χ4v) is 7.59. The van der Waals surface area contributed by atoms with Gasteiger partial charge in [0.1, 0.15) is 26.4 Å². The molecule has 0 saturated carbocycles. The molecule has 45 heteroatoms. The van der Waals surface area contributed by atoms with Gasteiger partial charge in [-0.15, -0.1) is 0 Å². The fourth-order valence-electron chi connectivity index (χ4n) is 6.16. The third-order valence-electron chi connectivity index (χ3n) is 10.4. The molecule has 0 spiro atoms. The average molecular weight is 1590 g/mol. The maximum atomic E-state index is 13.6. The predicted molar refractivity (Wildman–Crippen MR) is 311 cm³/mol. The van der Waals surface area contributed by atoms with Crippen LogP contribution in [0.5, 0.6) is 0 Å². The Bertz CT molecular complexity index is 1910. The van der Waals surface area contributed by atoms with Crippen LogP contribution in [0.3, 0.4) is 0 Å². The Kier molecular flexibility index (Phi) is 66.5. The maximum Gasteiger partial charge on any atom is 1.00 e. The van der Waals surface area contributed by atoms with Gasteiger partial charge >= 0.3 is 103 Å². The average Bonchev–Trinajstić information content (AvgIpc) is 0.774. The largest absolute Gasteiger partial charge is 1.00 e. The van der Waals surface area contributed by atoms with Gasteiger partial charge in [-0.25, -0.2) is 28.4 Å². The van der Waals surface area contributed by atoms with Gasteiger partial charge in [-0.1, -0.05) is 116 Å². The molecule has 0 bridgehead atoms. The molecule has 0 aliphatic carbocycles. The van der Waals surface area contributed by atoms with Gasteiger partial charge in [-0.05, 0) is 50.0 Å². The van der Waals surface area contributed by atoms with Crippen LogP contribution in [-0.2, 0) is 63.0 Å². The second-order valence-electron chi connectivity index (χ2n) is 19.4. The minimum atomic E-state index is -6.94. The number of alkyl halides is 24. The summed E-state index contributed by atoms with van der Waals surface area (Å²) in [5.41, 5.74) is 0. The van der Waals surface area contributed by atoms with Crippen LogP contribution < -0.4 is 34.7 Å². The van der Waals surface area contributed by atoms with Gasteiger partial charge in [0.25, 0.3) is 0 Å². The molecule has 0 aliphatic rings. The fraction of sp³-hybridized carbons (Fsp3) is 0.981. The van der Waals surface area contributed by atoms with Crippen LogP contribution in [0.2, 0.25) is 0 Å². The number of carbonyl (C=O) groups excluding carboxylic acids is 1. The summed E-state index contributed by atoms with van der Waals surface area (Å²) in [4.78, 5) is 10.8. The van der Waals surface area contributed by atoms with Crippen molar-refractivity contribution in [3.05, 3.63) is 0 Å². The number of carbonyl (C=O) groups is 1. The Hall–Kier alpha value is -0.370. The van der Waals surface area contributed by atoms with Crippen LogP contribution in [0.25, 0.3) is 0 Å². The zero-order valence-electron chi connectivity index (χ0n) is 55.0. The molecule has 0 aliphatic heterocycles. The molecular weight excluding hydrogens is 1500 g/mol. The van der Waals surface area contributed by atoms with E-state index in [9.17, 15) is 114 Å². The van der Waals surface area contributed by atoms with E-state index in [1.165, 1.54) is 25.1 Å². The van der Waals surface area contributed by atoms with Crippen molar-refractivity contribution in [1.29, 1.82) is 0 Å². The number of unbranched alkanes of at least 4 members (excludes halogenated alkanes) is 16. The molecule has 0 radical (unpaired) electrons. The number of hydrogen-bond acceptors (Lipinski definition) is 19. The van der Waals surface area contributed by atoms with E-state index in [4.69, 9.17) is 20.4 Å². The quantitative estimate of drug-likeness (QED) is 0.0166. The molecule has 0 amide bonds. The van der Waals surface area contributed by atoms with Gasteiger partial charge in [0.15, 0.2) is 5.12 Å². The van der Waals surface area contributed by atoms with Gasteiger partial charge in [0, 0.05) is 55.8 Å². The van der Waals surface area contributed by atoms with Gasteiger partial charge in [-0.2, -0.15) is 138 Å². The van der Waals surface area contributed by atoms with E-state index in [0.717, 1.165) is 121 Å². The Morgan fingerprint density at radius 1 is 0.388 bits per heavy atom. The zero-order chi connectivity index (χ0) is 77.0. The standard InChI is InChI=1S/C23H34F12O7S.C21H32F12O6S.C4H10OS.C3H8S.CH4O.CH3O.Na/c1-17(37)43-14-10-8-6-4-2-3-5-7-9-12-38-15-18(24,25)40-20(28,29)22(32,33)42-23(34,35)21(30,31)41-19(26,27)16-39-13-11-36;22-16(23,14-35-11-8-6-4-2-1-3-5-7-9-13-40)37-18(26,27)20(30,31)39-21(32,33)19(28,29)38-17(24,25)15-36-12-10-34;1-3-4-6(2)5;1-2-3-4;2*1-2;/h36H,2-16H2,1H3;34,40H,1-15H2;3-4H2,1-2H3;4H,2-3H2,1H3;2H,1H3;1H3;/q;;;;;-1;+1. The Balaban J connectivity index is -0.000000281. The van der Waals surface area contributed by atoms with E-state index in [0.29, 0.717) is 25.7 Å². The van der Waals surface area contributed by atoms with Crippen LogP contribution in [0, 0.1) is 0 Å². The smallest absolute Gasteiger partial charge is 0.857 e. The monoisotopic (exact) mass is 1590 g/mol. The zero-order valence-corrected chi connectivity index (χ0v) is 60.4. The molecule has 98 heavy (non-hydrogen) atoms. The van der Waals surface area contributed by atoms with Crippen molar-refractivity contribution < 1.29 is 212 Å². The number of ether oxygens (including phenoxy) is 10. The number of thioether (sulfide) groups is 1. The molecule has 0 heterocycles. The van der Waals surface area contributed by atoms with Crippen molar-refractivity contribution in [2.45, 2.75) is 222 Å². The van der Waals surface area contributed by atoms with E-state index < -0.39 is 150 Å². The molecular formula is C53H91F24NaO16S4.